The number of aromatic nitrogens is 1. The van der Waals surface area contributed by atoms with Crippen molar-refractivity contribution >= 4 is 28.4 Å². The largest absolute Gasteiger partial charge is 0.348 e. The molecule has 0 aliphatic heterocycles. The zero-order valence-corrected chi connectivity index (χ0v) is 12.8. The summed E-state index contributed by atoms with van der Waals surface area (Å²) in [5.41, 5.74) is 1.88. The third kappa shape index (κ3) is 3.71. The van der Waals surface area contributed by atoms with Gasteiger partial charge in [-0.15, -0.1) is 0 Å². The van der Waals surface area contributed by atoms with Crippen LogP contribution in [0, 0.1) is 0 Å². The number of hydrogen-bond donors (Lipinski definition) is 2. The molecule has 5 heteroatoms. The number of rotatable bonds is 5. The van der Waals surface area contributed by atoms with Gasteiger partial charge < -0.3 is 10.2 Å². The Kier molecular flexibility index (Phi) is 4.08. The molecule has 1 aromatic heterocycles. The molecule has 1 amide bonds. The van der Waals surface area contributed by atoms with E-state index in [0.717, 1.165) is 34.2 Å². The number of carbonyl (C=O) groups is 1. The fourth-order valence-electron chi connectivity index (χ4n) is 2.43. The summed E-state index contributed by atoms with van der Waals surface area (Å²) in [5.74, 6) is 0.111. The number of likely N-dealkylation sites (N-methyl/N-ethyl adjacent to an activating group) is 1. The van der Waals surface area contributed by atoms with E-state index in [1.165, 1.54) is 0 Å². The molecule has 1 aromatic carbocycles. The molecular weight excluding hydrogens is 286 g/mol. The van der Waals surface area contributed by atoms with E-state index in [2.05, 4.69) is 16.4 Å². The van der Waals surface area contributed by atoms with Crippen LogP contribution in [0.5, 0.6) is 0 Å². The molecule has 1 unspecified atom stereocenters. The van der Waals surface area contributed by atoms with Gasteiger partial charge in [-0.1, -0.05) is 29.8 Å². The molecule has 110 valence electrons. The van der Waals surface area contributed by atoms with E-state index < -0.39 is 0 Å². The van der Waals surface area contributed by atoms with Gasteiger partial charge in [-0.2, -0.15) is 0 Å². The maximum atomic E-state index is 11.8. The van der Waals surface area contributed by atoms with Gasteiger partial charge in [-0.05, 0) is 25.0 Å². The standard InChI is InChI=1S/C16H18ClN3O/c1-20(10-15(21)18-13-6-7-13)9-12-8-11-4-2-3-5-14(11)19-16(12)17/h2-5,8,13H,6-7,9-10H2,1H3,(H,18,21)/p+1. The van der Waals surface area contributed by atoms with Crippen LogP contribution in [0.2, 0.25) is 5.15 Å². The Morgan fingerprint density at radius 2 is 2.19 bits per heavy atom. The molecule has 0 spiro atoms. The lowest BCUT2D eigenvalue weighted by Gasteiger charge is -2.14. The van der Waals surface area contributed by atoms with Gasteiger partial charge in [0, 0.05) is 17.0 Å². The topological polar surface area (TPSA) is 46.4 Å². The highest BCUT2D eigenvalue weighted by atomic mass is 35.5. The van der Waals surface area contributed by atoms with Crippen molar-refractivity contribution in [2.24, 2.45) is 0 Å². The quantitative estimate of drug-likeness (QED) is 0.815. The van der Waals surface area contributed by atoms with Crippen LogP contribution in [-0.4, -0.2) is 30.5 Å². The summed E-state index contributed by atoms with van der Waals surface area (Å²) in [6.45, 7) is 1.15. The molecule has 3 rings (SSSR count). The Balaban J connectivity index is 1.68. The number of nitrogens with one attached hydrogen (secondary N) is 2. The molecule has 0 radical (unpaired) electrons. The summed E-state index contributed by atoms with van der Waals surface area (Å²) >= 11 is 6.25. The average Bonchev–Trinajstić information content (AvgIpc) is 3.23. The van der Waals surface area contributed by atoms with Crippen molar-refractivity contribution in [2.45, 2.75) is 25.4 Å². The van der Waals surface area contributed by atoms with E-state index in [1.807, 2.05) is 31.3 Å². The SMILES string of the molecule is C[NH+](CC(=O)NC1CC1)Cc1cc2ccccc2nc1Cl. The third-order valence-corrected chi connectivity index (χ3v) is 3.97. The zero-order valence-electron chi connectivity index (χ0n) is 12.0. The van der Waals surface area contributed by atoms with E-state index in [-0.39, 0.29) is 5.91 Å². The molecule has 2 aromatic rings. The summed E-state index contributed by atoms with van der Waals surface area (Å²) in [6, 6.07) is 10.4. The maximum Gasteiger partial charge on any atom is 0.275 e. The van der Waals surface area contributed by atoms with E-state index >= 15 is 0 Å². The number of carbonyl (C=O) groups excluding carboxylic acids is 1. The Bertz CT molecular complexity index is 670. The number of pyridine rings is 1. The van der Waals surface area contributed by atoms with Crippen molar-refractivity contribution in [3.63, 3.8) is 0 Å². The van der Waals surface area contributed by atoms with Crippen LogP contribution >= 0.6 is 11.6 Å². The monoisotopic (exact) mass is 304 g/mol. The number of quaternary nitrogens is 1. The zero-order chi connectivity index (χ0) is 14.8. The Morgan fingerprint density at radius 3 is 2.95 bits per heavy atom. The van der Waals surface area contributed by atoms with Gasteiger partial charge in [0.25, 0.3) is 5.91 Å². The molecule has 2 N–H and O–H groups in total. The predicted octanol–water partition coefficient (Wildman–Crippen LogP) is 1.18. The van der Waals surface area contributed by atoms with Crippen LogP contribution in [0.25, 0.3) is 10.9 Å². The summed E-state index contributed by atoms with van der Waals surface area (Å²) < 4.78 is 0. The fraction of sp³-hybridized carbons (Fsp3) is 0.375. The lowest BCUT2D eigenvalue weighted by molar-refractivity contribution is -0.885. The van der Waals surface area contributed by atoms with E-state index in [4.69, 9.17) is 11.6 Å². The Labute approximate surface area is 129 Å². The van der Waals surface area contributed by atoms with Gasteiger partial charge in [0.2, 0.25) is 0 Å². The third-order valence-electron chi connectivity index (χ3n) is 3.65. The highest BCUT2D eigenvalue weighted by Crippen LogP contribution is 2.20. The minimum Gasteiger partial charge on any atom is -0.348 e. The first kappa shape index (κ1) is 14.3. The number of amides is 1. The number of halogens is 1. The van der Waals surface area contributed by atoms with Crippen LogP contribution in [0.15, 0.2) is 30.3 Å². The highest BCUT2D eigenvalue weighted by molar-refractivity contribution is 6.30. The van der Waals surface area contributed by atoms with Gasteiger partial charge in [0.15, 0.2) is 6.54 Å². The van der Waals surface area contributed by atoms with Crippen LogP contribution in [0.3, 0.4) is 0 Å². The molecule has 1 aliphatic carbocycles. The minimum absolute atomic E-state index is 0.111. The molecule has 1 saturated carbocycles. The Morgan fingerprint density at radius 1 is 1.43 bits per heavy atom. The van der Waals surface area contributed by atoms with Crippen molar-refractivity contribution in [3.8, 4) is 0 Å². The first-order valence-electron chi connectivity index (χ1n) is 7.26. The van der Waals surface area contributed by atoms with Gasteiger partial charge >= 0.3 is 0 Å². The van der Waals surface area contributed by atoms with Gasteiger partial charge in [0.1, 0.15) is 11.7 Å². The minimum atomic E-state index is 0.111. The molecule has 1 atom stereocenters. The highest BCUT2D eigenvalue weighted by Gasteiger charge is 2.24. The maximum absolute atomic E-state index is 11.8. The lowest BCUT2D eigenvalue weighted by atomic mass is 10.1. The second-order valence-electron chi connectivity index (χ2n) is 5.78. The number of para-hydroxylation sites is 1. The van der Waals surface area contributed by atoms with Crippen molar-refractivity contribution in [3.05, 3.63) is 41.0 Å². The van der Waals surface area contributed by atoms with Crippen LogP contribution in [-0.2, 0) is 11.3 Å². The van der Waals surface area contributed by atoms with Gasteiger partial charge in [0.05, 0.1) is 12.6 Å². The van der Waals surface area contributed by atoms with E-state index in [0.29, 0.717) is 24.3 Å². The summed E-state index contributed by atoms with van der Waals surface area (Å²) in [7, 11) is 2.00. The molecule has 1 heterocycles. The number of fused-ring (bicyclic) bond motifs is 1. The van der Waals surface area contributed by atoms with Crippen LogP contribution in [0.4, 0.5) is 0 Å². The molecule has 0 bridgehead atoms. The average molecular weight is 305 g/mol. The first-order valence-corrected chi connectivity index (χ1v) is 7.64. The van der Waals surface area contributed by atoms with E-state index in [1.54, 1.807) is 0 Å². The second-order valence-corrected chi connectivity index (χ2v) is 6.14. The number of benzene rings is 1. The second kappa shape index (κ2) is 6.00. The van der Waals surface area contributed by atoms with Crippen molar-refractivity contribution in [1.29, 1.82) is 0 Å². The van der Waals surface area contributed by atoms with Crippen molar-refractivity contribution < 1.29 is 9.69 Å². The summed E-state index contributed by atoms with van der Waals surface area (Å²) in [4.78, 5) is 17.3. The first-order chi connectivity index (χ1) is 10.1. The normalized spacial score (nSPS) is 15.9. The smallest absolute Gasteiger partial charge is 0.275 e. The molecule has 1 aliphatic rings. The molecule has 21 heavy (non-hydrogen) atoms. The van der Waals surface area contributed by atoms with Crippen molar-refractivity contribution in [2.75, 3.05) is 13.6 Å². The number of hydrogen-bond acceptors (Lipinski definition) is 2. The Hall–Kier alpha value is -1.65. The summed E-state index contributed by atoms with van der Waals surface area (Å²) in [6.07, 6.45) is 2.23. The molecule has 4 nitrogen and oxygen atoms in total. The number of nitrogens with zero attached hydrogens (tertiary/aromatic N) is 1. The lowest BCUT2D eigenvalue weighted by Crippen LogP contribution is -3.09. The molecule has 0 saturated heterocycles. The van der Waals surface area contributed by atoms with Gasteiger partial charge in [-0.3, -0.25) is 4.79 Å². The van der Waals surface area contributed by atoms with Crippen LogP contribution in [0.1, 0.15) is 18.4 Å². The molecular formula is C16H19ClN3O+. The fourth-order valence-corrected chi connectivity index (χ4v) is 2.64. The van der Waals surface area contributed by atoms with Crippen molar-refractivity contribution in [1.82, 2.24) is 10.3 Å². The van der Waals surface area contributed by atoms with Crippen LogP contribution < -0.4 is 10.2 Å². The summed E-state index contributed by atoms with van der Waals surface area (Å²) in [5, 5.41) is 4.61. The predicted molar refractivity (Wildman–Crippen MR) is 83.4 cm³/mol. The van der Waals surface area contributed by atoms with Gasteiger partial charge in [-0.25, -0.2) is 4.98 Å². The molecule has 1 fully saturated rings. The van der Waals surface area contributed by atoms with E-state index in [9.17, 15) is 4.79 Å².